The second-order valence-electron chi connectivity index (χ2n) is 21.6. The van der Waals surface area contributed by atoms with Crippen molar-refractivity contribution in [1.82, 2.24) is 28.7 Å². The van der Waals surface area contributed by atoms with Crippen LogP contribution in [0.2, 0.25) is 0 Å². The Bertz CT molecular complexity index is 5630. The summed E-state index contributed by atoms with van der Waals surface area (Å²) in [5.41, 5.74) is 14.1. The van der Waals surface area contributed by atoms with E-state index in [1.54, 1.807) is 11.3 Å². The van der Waals surface area contributed by atoms with Crippen LogP contribution in [0, 0.1) is 0 Å². The molecule has 18 aromatic rings. The van der Waals surface area contributed by atoms with Crippen molar-refractivity contribution >= 4 is 162 Å². The first kappa shape index (κ1) is 50.2. The Hall–Kier alpha value is -10.3. The molecule has 406 valence electrons. The molecule has 6 nitrogen and oxygen atoms in total. The molecule has 7 aromatic heterocycles. The van der Waals surface area contributed by atoms with E-state index in [0.29, 0.717) is 17.8 Å². The second-order valence-corrected chi connectivity index (χ2v) is 24.9. The fourth-order valence-electron chi connectivity index (χ4n) is 13.2. The van der Waals surface area contributed by atoms with Crippen molar-refractivity contribution in [2.24, 2.45) is 0 Å². The van der Waals surface area contributed by atoms with Gasteiger partial charge in [-0.1, -0.05) is 185 Å². The Morgan fingerprint density at radius 1 is 0.279 bits per heavy atom. The van der Waals surface area contributed by atoms with Crippen LogP contribution < -0.4 is 0 Å². The fourth-order valence-corrected chi connectivity index (χ4v) is 16.6. The van der Waals surface area contributed by atoms with Crippen molar-refractivity contribution in [2.75, 3.05) is 0 Å². The molecule has 0 aliphatic heterocycles. The summed E-state index contributed by atoms with van der Waals surface area (Å²) in [7, 11) is 0. The molecule has 9 heteroatoms. The number of rotatable bonds is 8. The average Bonchev–Trinajstić information content (AvgIpc) is 1.71. The summed E-state index contributed by atoms with van der Waals surface area (Å²) in [6.07, 6.45) is 3.87. The molecule has 0 N–H and O–H groups in total. The summed E-state index contributed by atoms with van der Waals surface area (Å²) >= 11 is 5.44. The molecule has 0 spiro atoms. The van der Waals surface area contributed by atoms with Crippen LogP contribution in [0.3, 0.4) is 0 Å². The first-order chi connectivity index (χ1) is 42.5. The van der Waals surface area contributed by atoms with Gasteiger partial charge >= 0.3 is 0 Å². The second kappa shape index (κ2) is 19.7. The minimum atomic E-state index is 0.515. The predicted octanol–water partition coefficient (Wildman–Crippen LogP) is 22.4. The minimum Gasteiger partial charge on any atom is -0.278 e. The van der Waals surface area contributed by atoms with Crippen LogP contribution in [-0.4, -0.2) is 28.7 Å². The van der Waals surface area contributed by atoms with Crippen molar-refractivity contribution in [3.63, 3.8) is 0 Å². The zero-order valence-electron chi connectivity index (χ0n) is 46.9. The van der Waals surface area contributed by atoms with E-state index in [0.717, 1.165) is 98.1 Å². The van der Waals surface area contributed by atoms with E-state index >= 15 is 0 Å². The molecule has 0 atom stereocenters. The quantitative estimate of drug-likeness (QED) is 0.152. The molecule has 86 heavy (non-hydrogen) atoms. The van der Waals surface area contributed by atoms with E-state index in [1.165, 1.54) is 61.6 Å². The van der Waals surface area contributed by atoms with Gasteiger partial charge in [-0.3, -0.25) is 13.7 Å². The molecule has 0 saturated heterocycles. The van der Waals surface area contributed by atoms with Crippen molar-refractivity contribution in [3.05, 3.63) is 254 Å². The third-order valence-electron chi connectivity index (χ3n) is 17.1. The number of fused-ring (bicyclic) bond motifs is 16. The third kappa shape index (κ3) is 7.58. The largest absolute Gasteiger partial charge is 0.278 e. The first-order valence-corrected chi connectivity index (χ1v) is 31.5. The van der Waals surface area contributed by atoms with Crippen LogP contribution in [0.25, 0.3) is 179 Å². The van der Waals surface area contributed by atoms with Crippen LogP contribution in [0.5, 0.6) is 0 Å². The number of aromatic nitrogens is 6. The summed E-state index contributed by atoms with van der Waals surface area (Å²) in [5.74, 6) is 1.55. The molecule has 11 aromatic carbocycles. The molecule has 0 amide bonds. The highest BCUT2D eigenvalue weighted by molar-refractivity contribution is 7.26. The summed E-state index contributed by atoms with van der Waals surface area (Å²) in [6.45, 7) is 12.2. The third-order valence-corrected chi connectivity index (χ3v) is 20.6. The van der Waals surface area contributed by atoms with Gasteiger partial charge in [0.05, 0.1) is 33.1 Å². The standard InChI is InChI=1S/C75H44N6S3.C2H6/c1-3-49-55-31-25-46(40-70(55)82-67(49)4-2)43-28-34-64-58(37-43)50-15-5-10-20-61(50)79(64)73-76-74(80-62-21-11-6-16-51(62)59-38-44(29-35-65(59)80)47-26-32-56-53-18-8-13-23-68(53)83-71(56)41-47)78-75(77-73)81-63-22-12-7-17-52(63)60-39-45(30-36-66(60)81)48-27-33-57-54-19-9-14-24-69(54)84-72(57)42-48;1-2/h3-42H,1-2H2;1-2H3. The van der Waals surface area contributed by atoms with Crippen molar-refractivity contribution in [1.29, 1.82) is 0 Å². The molecular formula is C77H50N6S3. The molecule has 0 saturated carbocycles. The smallest absolute Gasteiger partial charge is 0.241 e. The number of para-hydroxylation sites is 3. The summed E-state index contributed by atoms with van der Waals surface area (Å²) < 4.78 is 13.1. The Morgan fingerprint density at radius 3 is 0.965 bits per heavy atom. The van der Waals surface area contributed by atoms with Crippen molar-refractivity contribution in [3.8, 4) is 51.2 Å². The van der Waals surface area contributed by atoms with E-state index in [-0.39, 0.29) is 0 Å². The Labute approximate surface area is 506 Å². The van der Waals surface area contributed by atoms with Crippen LogP contribution in [-0.2, 0) is 0 Å². The van der Waals surface area contributed by atoms with E-state index < -0.39 is 0 Å². The van der Waals surface area contributed by atoms with Gasteiger partial charge in [-0.25, -0.2) is 0 Å². The fraction of sp³-hybridized carbons (Fsp3) is 0.0260. The van der Waals surface area contributed by atoms with Crippen LogP contribution in [0.15, 0.2) is 244 Å². The lowest BCUT2D eigenvalue weighted by atomic mass is 10.0. The SMILES string of the molecule is C=Cc1sc2cc(-c3ccc4c(c3)c3ccccc3n4-c3nc(-n4c5ccccc5c5cc(-c6ccc7c(c6)sc6ccccc67)ccc54)nc(-n4c5ccccc5c5cc(-c6ccc7c(c6)sc6ccccc67)ccc54)n3)ccc2c1C=C.CC. The number of hydrogen-bond donors (Lipinski definition) is 0. The van der Waals surface area contributed by atoms with Gasteiger partial charge in [0.2, 0.25) is 17.8 Å². The topological polar surface area (TPSA) is 53.5 Å². The van der Waals surface area contributed by atoms with Gasteiger partial charge in [0.15, 0.2) is 0 Å². The molecule has 0 aliphatic rings. The van der Waals surface area contributed by atoms with E-state index in [9.17, 15) is 0 Å². The maximum atomic E-state index is 5.64. The molecule has 0 unspecified atom stereocenters. The number of thiophene rings is 3. The number of nitrogens with zero attached hydrogens (tertiary/aromatic N) is 6. The molecule has 18 rings (SSSR count). The summed E-state index contributed by atoms with van der Waals surface area (Å²) in [5, 5.41) is 13.0. The van der Waals surface area contributed by atoms with Gasteiger partial charge in [0.1, 0.15) is 0 Å². The van der Waals surface area contributed by atoms with Gasteiger partial charge in [-0.15, -0.1) is 34.0 Å². The molecule has 0 bridgehead atoms. The minimum absolute atomic E-state index is 0.515. The maximum absolute atomic E-state index is 5.64. The molecular weight excluding hydrogens is 1110 g/mol. The van der Waals surface area contributed by atoms with Crippen molar-refractivity contribution < 1.29 is 0 Å². The van der Waals surface area contributed by atoms with E-state index in [1.807, 2.05) is 48.7 Å². The van der Waals surface area contributed by atoms with Gasteiger partial charge in [0, 0.05) is 87.6 Å². The van der Waals surface area contributed by atoms with Crippen LogP contribution in [0.4, 0.5) is 0 Å². The Morgan fingerprint density at radius 2 is 0.581 bits per heavy atom. The van der Waals surface area contributed by atoms with Gasteiger partial charge in [-0.05, 0) is 124 Å². The normalized spacial score (nSPS) is 11.9. The van der Waals surface area contributed by atoms with E-state index in [4.69, 9.17) is 15.0 Å². The molecule has 0 radical (unpaired) electrons. The van der Waals surface area contributed by atoms with Crippen LogP contribution >= 0.6 is 34.0 Å². The zero-order valence-corrected chi connectivity index (χ0v) is 49.4. The summed E-state index contributed by atoms with van der Waals surface area (Å²) in [6, 6.07) is 84.2. The average molecular weight is 1160 g/mol. The van der Waals surface area contributed by atoms with Gasteiger partial charge in [-0.2, -0.15) is 15.0 Å². The molecule has 7 heterocycles. The van der Waals surface area contributed by atoms with Gasteiger partial charge < -0.3 is 0 Å². The predicted molar refractivity (Wildman–Crippen MR) is 372 cm³/mol. The number of benzene rings is 11. The highest BCUT2D eigenvalue weighted by atomic mass is 32.1. The van der Waals surface area contributed by atoms with E-state index in [2.05, 4.69) is 257 Å². The molecule has 0 aliphatic carbocycles. The number of hydrogen-bond acceptors (Lipinski definition) is 6. The lowest BCUT2D eigenvalue weighted by molar-refractivity contribution is 0.848. The van der Waals surface area contributed by atoms with Crippen molar-refractivity contribution in [2.45, 2.75) is 13.8 Å². The zero-order chi connectivity index (χ0) is 57.3. The Kier molecular flexibility index (Phi) is 11.5. The lowest BCUT2D eigenvalue weighted by Crippen LogP contribution is -2.13. The first-order valence-electron chi connectivity index (χ1n) is 29.0. The highest BCUT2D eigenvalue weighted by Crippen LogP contribution is 2.44. The lowest BCUT2D eigenvalue weighted by Gasteiger charge is -2.14. The maximum Gasteiger partial charge on any atom is 0.241 e. The molecule has 0 fully saturated rings. The van der Waals surface area contributed by atoms with Gasteiger partial charge in [0.25, 0.3) is 0 Å². The highest BCUT2D eigenvalue weighted by Gasteiger charge is 2.24. The summed E-state index contributed by atoms with van der Waals surface area (Å²) in [4.78, 5) is 18.0. The monoisotopic (exact) mass is 1150 g/mol. The van der Waals surface area contributed by atoms with Crippen LogP contribution in [0.1, 0.15) is 24.3 Å². The Balaban J connectivity index is 0.00000286.